The van der Waals surface area contributed by atoms with Crippen LogP contribution in [-0.4, -0.2) is 68.3 Å². The molecule has 4 aromatic rings. The summed E-state index contributed by atoms with van der Waals surface area (Å²) in [5.41, 5.74) is 1.39. The molecule has 1 aliphatic heterocycles. The van der Waals surface area contributed by atoms with Crippen molar-refractivity contribution in [2.24, 2.45) is 43.7 Å². The Morgan fingerprint density at radius 2 is 1.72 bits per heavy atom. The highest BCUT2D eigenvalue weighted by Crippen LogP contribution is 2.62. The monoisotopic (exact) mass is 836 g/mol. The number of likely N-dealkylation sites (tertiary alicyclic amines) is 1. The number of hydrogen-bond donors (Lipinski definition) is 3. The summed E-state index contributed by atoms with van der Waals surface area (Å²) in [6.45, 7) is 9.71. The van der Waals surface area contributed by atoms with Gasteiger partial charge in [-0.15, -0.1) is 0 Å². The molecule has 14 nitrogen and oxygen atoms in total. The number of aromatic amines is 1. The van der Waals surface area contributed by atoms with E-state index in [0.29, 0.717) is 89.1 Å². The highest BCUT2D eigenvalue weighted by Gasteiger charge is 2.61. The molecule has 61 heavy (non-hydrogen) atoms. The number of nitrogens with zero attached hydrogens (tertiary/aromatic N) is 9. The second kappa shape index (κ2) is 16.3. The number of carbonyl (C=O) groups is 1. The van der Waals surface area contributed by atoms with Gasteiger partial charge in [-0.05, 0) is 137 Å². The molecule has 17 heteroatoms. The third-order valence-corrected chi connectivity index (χ3v) is 14.0. The van der Waals surface area contributed by atoms with Crippen LogP contribution in [0, 0.1) is 29.6 Å². The van der Waals surface area contributed by atoms with Crippen LogP contribution in [0.2, 0.25) is 0 Å². The number of H-pyrrole nitrogens is 1. The lowest BCUT2D eigenvalue weighted by Gasteiger charge is -2.56. The van der Waals surface area contributed by atoms with Gasteiger partial charge in [-0.1, -0.05) is 35.7 Å². The van der Waals surface area contributed by atoms with E-state index in [0.717, 1.165) is 57.2 Å². The van der Waals surface area contributed by atoms with E-state index < -0.39 is 23.9 Å². The molecule has 1 saturated heterocycles. The lowest BCUT2D eigenvalue weighted by molar-refractivity contribution is -0.153. The number of nitriles is 1. The number of rotatable bonds is 11. The zero-order valence-electron chi connectivity index (χ0n) is 34.3. The lowest BCUT2D eigenvalue weighted by atomic mass is 9.49. The number of benzene rings is 2. The molecule has 2 aromatic carbocycles. The van der Waals surface area contributed by atoms with Gasteiger partial charge in [0.15, 0.2) is 18.1 Å². The zero-order valence-corrected chi connectivity index (χ0v) is 34.3. The summed E-state index contributed by atoms with van der Waals surface area (Å²) >= 11 is 0. The molecule has 3 heterocycles. The number of hydrogen-bond acceptors (Lipinski definition) is 11. The first-order valence-electron chi connectivity index (χ1n) is 21.0. The first-order chi connectivity index (χ1) is 29.3. The Bertz CT molecular complexity index is 2440. The minimum Gasteiger partial charge on any atom is -0.481 e. The summed E-state index contributed by atoms with van der Waals surface area (Å²) in [4.78, 5) is 26.0. The van der Waals surface area contributed by atoms with E-state index in [-0.39, 0.29) is 34.3 Å². The number of aromatic nitrogens is 4. The standard InChI is InChI=1S/C44H51F3N12O2/c1-4-28-20-31-37(38(61-25-44(45,46)47)36(28)35-26(3)6-11-33-32(35)22-51-54-33)52-40(29-12-18-59(19-13-29)30-9-7-27(21-48)8-10-30)53-39(31)42(55-57-49)16-14-41(15-17-42)23-43(24-41,56-58-50)34(60)5-2/h4-6,11,20,22,27,29-30H,1-2,7-10,12-19,23-25H2,3H3,(H2,49,55)(H2,50,56)(H,51,54). The SMILES string of the molecule is C=CC(=O)C1(N=NN)CC2(CCC(N=NN)(c3nc(C4CCN(C5CCC(C#N)CC5)CC4)nc4c(OCC(F)(F)F)c(-c5c(C)ccc6[nH]ncc56)c(C=C)cc34)CC2)C1. The van der Waals surface area contributed by atoms with Crippen molar-refractivity contribution in [3.8, 4) is 22.9 Å². The van der Waals surface area contributed by atoms with Gasteiger partial charge in [-0.25, -0.2) is 9.97 Å². The molecule has 4 aliphatic rings. The second-order valence-electron chi connectivity index (χ2n) is 17.6. The van der Waals surface area contributed by atoms with E-state index in [4.69, 9.17) is 31.5 Å². The third-order valence-electron chi connectivity index (χ3n) is 14.0. The molecule has 0 unspecified atom stereocenters. The fourth-order valence-corrected chi connectivity index (χ4v) is 10.9. The average Bonchev–Trinajstić information content (AvgIpc) is 3.74. The van der Waals surface area contributed by atoms with Crippen molar-refractivity contribution >= 4 is 33.7 Å². The smallest absolute Gasteiger partial charge is 0.422 e. The summed E-state index contributed by atoms with van der Waals surface area (Å²) < 4.78 is 48.7. The average molecular weight is 837 g/mol. The van der Waals surface area contributed by atoms with Gasteiger partial charge in [-0.3, -0.25) is 9.89 Å². The predicted octanol–water partition coefficient (Wildman–Crippen LogP) is 9.02. The fourth-order valence-electron chi connectivity index (χ4n) is 10.9. The van der Waals surface area contributed by atoms with E-state index in [2.05, 4.69) is 49.9 Å². The van der Waals surface area contributed by atoms with Gasteiger partial charge in [0, 0.05) is 34.2 Å². The maximum absolute atomic E-state index is 14.3. The van der Waals surface area contributed by atoms with Gasteiger partial charge in [0.25, 0.3) is 0 Å². The van der Waals surface area contributed by atoms with Crippen molar-refractivity contribution in [1.29, 1.82) is 5.26 Å². The summed E-state index contributed by atoms with van der Waals surface area (Å²) in [7, 11) is 0. The van der Waals surface area contributed by atoms with E-state index in [1.165, 1.54) is 6.08 Å². The Kier molecular flexibility index (Phi) is 11.2. The molecule has 0 bridgehead atoms. The topological polar surface area (TPSA) is 209 Å². The Morgan fingerprint density at radius 3 is 2.34 bits per heavy atom. The van der Waals surface area contributed by atoms with Crippen molar-refractivity contribution < 1.29 is 22.7 Å². The second-order valence-corrected chi connectivity index (χ2v) is 17.6. The van der Waals surface area contributed by atoms with Crippen molar-refractivity contribution in [3.05, 3.63) is 66.3 Å². The van der Waals surface area contributed by atoms with E-state index in [9.17, 15) is 23.2 Å². The van der Waals surface area contributed by atoms with Crippen LogP contribution < -0.4 is 16.4 Å². The van der Waals surface area contributed by atoms with Crippen molar-refractivity contribution in [2.75, 3.05) is 19.7 Å². The Morgan fingerprint density at radius 1 is 1.02 bits per heavy atom. The number of piperidine rings is 1. The highest BCUT2D eigenvalue weighted by molar-refractivity contribution is 6.05. The van der Waals surface area contributed by atoms with Gasteiger partial charge >= 0.3 is 6.18 Å². The molecule has 320 valence electrons. The minimum atomic E-state index is -4.66. The number of halogens is 3. The van der Waals surface area contributed by atoms with Crippen LogP contribution in [-0.2, 0) is 10.3 Å². The van der Waals surface area contributed by atoms with Crippen LogP contribution in [0.15, 0.2) is 64.3 Å². The van der Waals surface area contributed by atoms with Gasteiger partial charge in [0.1, 0.15) is 22.4 Å². The fraction of sp³-hybridized carbons (Fsp3) is 0.523. The molecule has 0 radical (unpaired) electrons. The summed E-state index contributed by atoms with van der Waals surface area (Å²) in [6, 6.07) is 8.46. The Balaban J connectivity index is 1.28. The molecule has 4 fully saturated rings. The van der Waals surface area contributed by atoms with E-state index >= 15 is 0 Å². The van der Waals surface area contributed by atoms with Gasteiger partial charge < -0.3 is 21.3 Å². The zero-order chi connectivity index (χ0) is 43.2. The predicted molar refractivity (Wildman–Crippen MR) is 224 cm³/mol. The number of aryl methyl sites for hydroxylation is 1. The third kappa shape index (κ3) is 7.63. The maximum atomic E-state index is 14.3. The Labute approximate surface area is 351 Å². The van der Waals surface area contributed by atoms with E-state index in [1.807, 2.05) is 25.1 Å². The molecule has 2 aromatic heterocycles. The normalized spacial score (nSPS) is 27.7. The largest absolute Gasteiger partial charge is 0.481 e. The molecule has 1 spiro atoms. The van der Waals surface area contributed by atoms with Crippen LogP contribution in [0.1, 0.15) is 106 Å². The van der Waals surface area contributed by atoms with Gasteiger partial charge in [-0.2, -0.15) is 33.8 Å². The summed E-state index contributed by atoms with van der Waals surface area (Å²) in [6.07, 6.45) is 8.00. The number of ether oxygens (including phenoxy) is 1. The quantitative estimate of drug-likeness (QED) is 0.0569. The van der Waals surface area contributed by atoms with Crippen molar-refractivity contribution in [1.82, 2.24) is 25.1 Å². The molecule has 5 N–H and O–H groups in total. The number of carbonyl (C=O) groups excluding carboxylic acids is 1. The maximum Gasteiger partial charge on any atom is 0.422 e. The summed E-state index contributed by atoms with van der Waals surface area (Å²) in [5.74, 6) is 11.6. The van der Waals surface area contributed by atoms with Crippen LogP contribution in [0.25, 0.3) is 39.0 Å². The molecule has 8 rings (SSSR count). The number of ketones is 1. The Hall–Kier alpha value is -5.76. The van der Waals surface area contributed by atoms with E-state index in [1.54, 1.807) is 12.3 Å². The van der Waals surface area contributed by atoms with Gasteiger partial charge in [0.2, 0.25) is 0 Å². The lowest BCUT2D eigenvalue weighted by Crippen LogP contribution is -2.57. The first kappa shape index (κ1) is 42.0. The van der Waals surface area contributed by atoms with Crippen LogP contribution >= 0.6 is 0 Å². The van der Waals surface area contributed by atoms with Crippen molar-refractivity contribution in [3.63, 3.8) is 0 Å². The van der Waals surface area contributed by atoms with Crippen molar-refractivity contribution in [2.45, 2.75) is 113 Å². The molecule has 0 amide bonds. The number of alkyl halides is 3. The number of nitrogens with one attached hydrogen (secondary N) is 1. The highest BCUT2D eigenvalue weighted by atomic mass is 19.4. The number of fused-ring (bicyclic) bond motifs is 2. The molecule has 3 saturated carbocycles. The molecular weight excluding hydrogens is 786 g/mol. The van der Waals surface area contributed by atoms with Crippen LogP contribution in [0.3, 0.4) is 0 Å². The molecular formula is C44H51F3N12O2. The molecule has 0 atom stereocenters. The van der Waals surface area contributed by atoms with Crippen LogP contribution in [0.4, 0.5) is 13.2 Å². The minimum absolute atomic E-state index is 0.0379. The van der Waals surface area contributed by atoms with Crippen LogP contribution in [0.5, 0.6) is 5.75 Å². The summed E-state index contributed by atoms with van der Waals surface area (Å²) in [5, 5.41) is 34.1. The molecule has 3 aliphatic carbocycles. The number of nitrogens with two attached hydrogens (primary N) is 2. The first-order valence-corrected chi connectivity index (χ1v) is 21.0. The van der Waals surface area contributed by atoms with Gasteiger partial charge in [0.05, 0.1) is 23.5 Å².